The van der Waals surface area contributed by atoms with Gasteiger partial charge >= 0.3 is 0 Å². The zero-order valence-electron chi connectivity index (χ0n) is 9.46. The van der Waals surface area contributed by atoms with E-state index in [0.29, 0.717) is 22.2 Å². The standard InChI is InChI=1S/C12H9ClN2O3/c1-8-10(15(16)17)3-2-4-11(8)18-12-6-5-9(13)7-14-12/h2-7H,1H3. The first kappa shape index (κ1) is 12.3. The van der Waals surface area contributed by atoms with Crippen molar-refractivity contribution in [2.24, 2.45) is 0 Å². The van der Waals surface area contributed by atoms with Crippen LogP contribution in [0.25, 0.3) is 0 Å². The molecule has 2 aromatic rings. The van der Waals surface area contributed by atoms with Crippen LogP contribution in [-0.2, 0) is 0 Å². The number of rotatable bonds is 3. The molecule has 0 bridgehead atoms. The van der Waals surface area contributed by atoms with Crippen LogP contribution in [0, 0.1) is 17.0 Å². The molecule has 0 fully saturated rings. The number of hydrogen-bond donors (Lipinski definition) is 0. The Labute approximate surface area is 108 Å². The lowest BCUT2D eigenvalue weighted by molar-refractivity contribution is -0.385. The molecule has 0 saturated carbocycles. The van der Waals surface area contributed by atoms with Crippen molar-refractivity contribution >= 4 is 17.3 Å². The van der Waals surface area contributed by atoms with Crippen molar-refractivity contribution < 1.29 is 9.66 Å². The van der Waals surface area contributed by atoms with Crippen LogP contribution in [0.2, 0.25) is 5.02 Å². The van der Waals surface area contributed by atoms with Crippen LogP contribution >= 0.6 is 11.6 Å². The molecule has 2 rings (SSSR count). The zero-order chi connectivity index (χ0) is 13.1. The maximum Gasteiger partial charge on any atom is 0.276 e. The first-order valence-electron chi connectivity index (χ1n) is 5.11. The van der Waals surface area contributed by atoms with E-state index in [9.17, 15) is 10.1 Å². The molecule has 92 valence electrons. The number of pyridine rings is 1. The lowest BCUT2D eigenvalue weighted by Gasteiger charge is -2.07. The van der Waals surface area contributed by atoms with E-state index in [-0.39, 0.29) is 5.69 Å². The summed E-state index contributed by atoms with van der Waals surface area (Å²) in [5, 5.41) is 11.3. The van der Waals surface area contributed by atoms with Crippen LogP contribution in [0.15, 0.2) is 36.5 Å². The minimum atomic E-state index is -0.447. The fraction of sp³-hybridized carbons (Fsp3) is 0.0833. The van der Waals surface area contributed by atoms with E-state index in [0.717, 1.165) is 0 Å². The number of hydrogen-bond acceptors (Lipinski definition) is 4. The highest BCUT2D eigenvalue weighted by molar-refractivity contribution is 6.30. The molecule has 1 aromatic heterocycles. The van der Waals surface area contributed by atoms with Crippen LogP contribution in [0.1, 0.15) is 5.56 Å². The topological polar surface area (TPSA) is 65.3 Å². The second kappa shape index (κ2) is 5.01. The highest BCUT2D eigenvalue weighted by atomic mass is 35.5. The summed E-state index contributed by atoms with van der Waals surface area (Å²) < 4.78 is 5.48. The Hall–Kier alpha value is -2.14. The van der Waals surface area contributed by atoms with E-state index in [4.69, 9.17) is 16.3 Å². The number of nitro benzene ring substituents is 1. The normalized spacial score (nSPS) is 10.1. The van der Waals surface area contributed by atoms with Gasteiger partial charge in [-0.15, -0.1) is 0 Å². The first-order chi connectivity index (χ1) is 8.58. The molecule has 0 aliphatic heterocycles. The van der Waals surface area contributed by atoms with Crippen molar-refractivity contribution in [3.8, 4) is 11.6 Å². The number of nitro groups is 1. The summed E-state index contributed by atoms with van der Waals surface area (Å²) in [6.45, 7) is 1.63. The summed E-state index contributed by atoms with van der Waals surface area (Å²) in [5.74, 6) is 0.738. The van der Waals surface area contributed by atoms with Crippen molar-refractivity contribution in [3.05, 3.63) is 57.2 Å². The van der Waals surface area contributed by atoms with Gasteiger partial charge in [-0.05, 0) is 19.1 Å². The van der Waals surface area contributed by atoms with Crippen molar-refractivity contribution in [1.82, 2.24) is 4.98 Å². The van der Waals surface area contributed by atoms with Gasteiger partial charge in [0.2, 0.25) is 5.88 Å². The fourth-order valence-corrected chi connectivity index (χ4v) is 1.56. The molecular formula is C12H9ClN2O3. The minimum Gasteiger partial charge on any atom is -0.439 e. The van der Waals surface area contributed by atoms with E-state index in [2.05, 4.69) is 4.98 Å². The summed E-state index contributed by atoms with van der Waals surface area (Å²) in [6, 6.07) is 7.88. The van der Waals surface area contributed by atoms with Crippen molar-refractivity contribution in [1.29, 1.82) is 0 Å². The summed E-state index contributed by atoms with van der Waals surface area (Å²) in [5.41, 5.74) is 0.473. The van der Waals surface area contributed by atoms with Gasteiger partial charge in [-0.1, -0.05) is 17.7 Å². The summed E-state index contributed by atoms with van der Waals surface area (Å²) in [4.78, 5) is 14.3. The third-order valence-corrected chi connectivity index (χ3v) is 2.59. The molecule has 0 spiro atoms. The number of ether oxygens (including phenoxy) is 1. The predicted molar refractivity (Wildman–Crippen MR) is 67.2 cm³/mol. The third kappa shape index (κ3) is 2.57. The Morgan fingerprint density at radius 2 is 2.11 bits per heavy atom. The molecule has 0 atom stereocenters. The average molecular weight is 265 g/mol. The molecule has 0 unspecified atom stereocenters. The number of benzene rings is 1. The second-order valence-corrected chi connectivity index (χ2v) is 4.01. The van der Waals surface area contributed by atoms with E-state index >= 15 is 0 Å². The number of aromatic nitrogens is 1. The lowest BCUT2D eigenvalue weighted by atomic mass is 10.2. The molecule has 0 N–H and O–H groups in total. The Balaban J connectivity index is 2.32. The minimum absolute atomic E-state index is 0.0152. The SMILES string of the molecule is Cc1c(Oc2ccc(Cl)cn2)cccc1[N+](=O)[O-]. The van der Waals surface area contributed by atoms with Gasteiger partial charge in [-0.25, -0.2) is 4.98 Å². The Kier molecular flexibility index (Phi) is 3.43. The van der Waals surface area contributed by atoms with Crippen molar-refractivity contribution in [2.75, 3.05) is 0 Å². The summed E-state index contributed by atoms with van der Waals surface area (Å²) >= 11 is 5.71. The van der Waals surface area contributed by atoms with E-state index in [1.54, 1.807) is 31.2 Å². The molecule has 1 aromatic carbocycles. The molecule has 6 heteroatoms. The summed E-state index contributed by atoms with van der Waals surface area (Å²) in [6.07, 6.45) is 1.45. The molecule has 18 heavy (non-hydrogen) atoms. The third-order valence-electron chi connectivity index (χ3n) is 2.37. The number of nitrogens with zero attached hydrogens (tertiary/aromatic N) is 2. The van der Waals surface area contributed by atoms with Crippen LogP contribution in [0.3, 0.4) is 0 Å². The van der Waals surface area contributed by atoms with Gasteiger partial charge in [0.1, 0.15) is 5.75 Å². The van der Waals surface area contributed by atoms with Crippen molar-refractivity contribution in [3.63, 3.8) is 0 Å². The molecule has 0 amide bonds. The fourth-order valence-electron chi connectivity index (χ4n) is 1.45. The van der Waals surface area contributed by atoms with E-state index < -0.39 is 4.92 Å². The monoisotopic (exact) mass is 264 g/mol. The van der Waals surface area contributed by atoms with Gasteiger partial charge in [-0.3, -0.25) is 10.1 Å². The van der Waals surface area contributed by atoms with Crippen LogP contribution in [0.4, 0.5) is 5.69 Å². The van der Waals surface area contributed by atoms with E-state index in [1.807, 2.05) is 0 Å². The maximum atomic E-state index is 10.8. The smallest absolute Gasteiger partial charge is 0.276 e. The lowest BCUT2D eigenvalue weighted by Crippen LogP contribution is -1.95. The molecule has 0 saturated heterocycles. The van der Waals surface area contributed by atoms with Gasteiger partial charge in [0, 0.05) is 18.3 Å². The molecule has 0 aliphatic carbocycles. The molecule has 5 nitrogen and oxygen atoms in total. The Bertz CT molecular complexity index is 584. The van der Waals surface area contributed by atoms with Gasteiger partial charge < -0.3 is 4.74 Å². The average Bonchev–Trinajstić information content (AvgIpc) is 2.34. The molecular weight excluding hydrogens is 256 g/mol. The predicted octanol–water partition coefficient (Wildman–Crippen LogP) is 3.74. The van der Waals surface area contributed by atoms with Gasteiger partial charge in [0.25, 0.3) is 5.69 Å². The zero-order valence-corrected chi connectivity index (χ0v) is 10.2. The Morgan fingerprint density at radius 3 is 2.72 bits per heavy atom. The number of halogens is 1. The van der Waals surface area contributed by atoms with Crippen LogP contribution < -0.4 is 4.74 Å². The quantitative estimate of drug-likeness (QED) is 0.626. The van der Waals surface area contributed by atoms with E-state index in [1.165, 1.54) is 12.3 Å². The second-order valence-electron chi connectivity index (χ2n) is 3.57. The largest absolute Gasteiger partial charge is 0.439 e. The molecule has 0 aliphatic rings. The summed E-state index contributed by atoms with van der Waals surface area (Å²) in [7, 11) is 0. The Morgan fingerprint density at radius 1 is 1.33 bits per heavy atom. The molecule has 1 heterocycles. The van der Waals surface area contributed by atoms with Crippen molar-refractivity contribution in [2.45, 2.75) is 6.92 Å². The van der Waals surface area contributed by atoms with Crippen LogP contribution in [0.5, 0.6) is 11.6 Å². The maximum absolute atomic E-state index is 10.8. The van der Waals surface area contributed by atoms with Gasteiger partial charge in [0.05, 0.1) is 15.5 Å². The van der Waals surface area contributed by atoms with Gasteiger partial charge in [-0.2, -0.15) is 0 Å². The highest BCUT2D eigenvalue weighted by Gasteiger charge is 2.14. The van der Waals surface area contributed by atoms with Crippen LogP contribution in [-0.4, -0.2) is 9.91 Å². The molecule has 0 radical (unpaired) electrons. The first-order valence-corrected chi connectivity index (χ1v) is 5.49. The highest BCUT2D eigenvalue weighted by Crippen LogP contribution is 2.30. The van der Waals surface area contributed by atoms with Gasteiger partial charge in [0.15, 0.2) is 0 Å².